The Labute approximate surface area is 163 Å². The van der Waals surface area contributed by atoms with Crippen LogP contribution in [0.4, 0.5) is 4.79 Å². The second kappa shape index (κ2) is 7.36. The molecule has 27 heavy (non-hydrogen) atoms. The predicted molar refractivity (Wildman–Crippen MR) is 101 cm³/mol. The zero-order valence-electron chi connectivity index (χ0n) is 14.6. The van der Waals surface area contributed by atoms with E-state index >= 15 is 0 Å². The lowest BCUT2D eigenvalue weighted by Crippen LogP contribution is -2.44. The molecule has 140 valence electrons. The number of benzene rings is 1. The highest BCUT2D eigenvalue weighted by molar-refractivity contribution is 9.10. The van der Waals surface area contributed by atoms with E-state index in [-0.39, 0.29) is 22.9 Å². The highest BCUT2D eigenvalue weighted by atomic mass is 79.9. The molecule has 0 spiro atoms. The van der Waals surface area contributed by atoms with E-state index in [1.165, 1.54) is 4.57 Å². The quantitative estimate of drug-likeness (QED) is 0.640. The summed E-state index contributed by atoms with van der Waals surface area (Å²) in [6, 6.07) is 10.9. The van der Waals surface area contributed by atoms with E-state index in [0.29, 0.717) is 10.9 Å². The second-order valence-corrected chi connectivity index (χ2v) is 7.24. The van der Waals surface area contributed by atoms with E-state index in [1.807, 2.05) is 30.3 Å². The zero-order chi connectivity index (χ0) is 19.6. The van der Waals surface area contributed by atoms with Gasteiger partial charge in [0, 0.05) is 24.1 Å². The summed E-state index contributed by atoms with van der Waals surface area (Å²) in [7, 11) is 1.61. The summed E-state index contributed by atoms with van der Waals surface area (Å²) in [6.07, 6.45) is 0.707. The van der Waals surface area contributed by atoms with E-state index in [0.717, 1.165) is 5.56 Å². The molecular formula is C18H17BrN4O4. The van der Waals surface area contributed by atoms with Crippen LogP contribution < -0.4 is 10.9 Å². The predicted octanol–water partition coefficient (Wildman–Crippen LogP) is 2.92. The topological polar surface area (TPSA) is 110 Å². The molecule has 2 aromatic heterocycles. The first-order valence-corrected chi connectivity index (χ1v) is 8.83. The first-order chi connectivity index (χ1) is 12.8. The van der Waals surface area contributed by atoms with Crippen molar-refractivity contribution in [1.29, 1.82) is 0 Å². The van der Waals surface area contributed by atoms with Crippen molar-refractivity contribution in [1.82, 2.24) is 20.1 Å². The summed E-state index contributed by atoms with van der Waals surface area (Å²) in [6.45, 7) is 1.66. The molecule has 0 bridgehead atoms. The summed E-state index contributed by atoms with van der Waals surface area (Å²) < 4.78 is 7.78. The number of aryl methyl sites for hydroxylation is 1. The number of hydrogen-bond acceptors (Lipinski definition) is 5. The normalized spacial score (nSPS) is 13.1. The van der Waals surface area contributed by atoms with Gasteiger partial charge in [-0.3, -0.25) is 4.79 Å². The Bertz CT molecular complexity index is 1030. The molecule has 3 rings (SSSR count). The minimum atomic E-state index is -1.22. The monoisotopic (exact) mass is 432 g/mol. The molecule has 8 nitrogen and oxygen atoms in total. The van der Waals surface area contributed by atoms with Gasteiger partial charge in [-0.05, 0) is 34.5 Å². The molecule has 0 radical (unpaired) electrons. The number of carbonyl (C=O) groups is 1. The minimum Gasteiger partial charge on any atom is -0.465 e. The Kier molecular flexibility index (Phi) is 5.13. The Morgan fingerprint density at radius 2 is 2.04 bits per heavy atom. The molecular weight excluding hydrogens is 416 g/mol. The lowest BCUT2D eigenvalue weighted by Gasteiger charge is -2.25. The van der Waals surface area contributed by atoms with Gasteiger partial charge in [-0.15, -0.1) is 10.2 Å². The third-order valence-corrected chi connectivity index (χ3v) is 4.49. The minimum absolute atomic E-state index is 0.0263. The molecule has 3 aromatic rings. The fourth-order valence-electron chi connectivity index (χ4n) is 2.79. The molecule has 1 amide bonds. The van der Waals surface area contributed by atoms with E-state index < -0.39 is 11.6 Å². The van der Waals surface area contributed by atoms with Crippen LogP contribution in [0.2, 0.25) is 0 Å². The summed E-state index contributed by atoms with van der Waals surface area (Å²) in [5, 5.41) is 19.7. The largest absolute Gasteiger partial charge is 0.465 e. The van der Waals surface area contributed by atoms with Crippen molar-refractivity contribution >= 4 is 22.0 Å². The lowest BCUT2D eigenvalue weighted by atomic mass is 9.93. The van der Waals surface area contributed by atoms with E-state index in [2.05, 4.69) is 31.4 Å². The van der Waals surface area contributed by atoms with Crippen LogP contribution in [0.25, 0.3) is 11.5 Å². The van der Waals surface area contributed by atoms with Crippen molar-refractivity contribution in [3.05, 3.63) is 68.9 Å². The first-order valence-electron chi connectivity index (χ1n) is 8.04. The average molecular weight is 433 g/mol. The first kappa shape index (κ1) is 18.8. The van der Waals surface area contributed by atoms with Gasteiger partial charge >= 0.3 is 6.09 Å². The molecule has 2 N–H and O–H groups in total. The van der Waals surface area contributed by atoms with Crippen molar-refractivity contribution in [2.45, 2.75) is 18.9 Å². The van der Waals surface area contributed by atoms with Crippen LogP contribution in [0.1, 0.15) is 18.4 Å². The molecule has 0 aliphatic carbocycles. The Hall–Kier alpha value is -2.94. The molecule has 0 aliphatic rings. The van der Waals surface area contributed by atoms with Gasteiger partial charge in [-0.2, -0.15) is 0 Å². The number of amides is 1. The van der Waals surface area contributed by atoms with Gasteiger partial charge < -0.3 is 19.4 Å². The van der Waals surface area contributed by atoms with Gasteiger partial charge in [-0.25, -0.2) is 4.79 Å². The maximum Gasteiger partial charge on any atom is 0.405 e. The van der Waals surface area contributed by atoms with Gasteiger partial charge in [0.2, 0.25) is 5.89 Å². The zero-order valence-corrected chi connectivity index (χ0v) is 16.2. The number of halogens is 1. The third-order valence-electron chi connectivity index (χ3n) is 4.06. The van der Waals surface area contributed by atoms with Gasteiger partial charge in [0.25, 0.3) is 11.4 Å². The summed E-state index contributed by atoms with van der Waals surface area (Å²) in [5.41, 5.74) is -0.338. The fourth-order valence-corrected chi connectivity index (χ4v) is 3.33. The highest BCUT2D eigenvalue weighted by Crippen LogP contribution is 2.27. The van der Waals surface area contributed by atoms with Gasteiger partial charge in [0.15, 0.2) is 0 Å². The number of nitrogens with one attached hydrogen (secondary N) is 1. The number of carboxylic acid groups (broad SMARTS) is 1. The average Bonchev–Trinajstić information content (AvgIpc) is 3.09. The summed E-state index contributed by atoms with van der Waals surface area (Å²) in [5.74, 6) is 0.101. The van der Waals surface area contributed by atoms with Gasteiger partial charge in [0.1, 0.15) is 11.1 Å². The van der Waals surface area contributed by atoms with Crippen LogP contribution in [0.5, 0.6) is 0 Å². The van der Waals surface area contributed by atoms with Crippen molar-refractivity contribution in [3.8, 4) is 11.5 Å². The van der Waals surface area contributed by atoms with Gasteiger partial charge in [-0.1, -0.05) is 30.3 Å². The molecule has 1 atom stereocenters. The Balaban J connectivity index is 2.03. The third kappa shape index (κ3) is 4.08. The number of nitrogens with zero attached hydrogens (tertiary/aromatic N) is 3. The maximum absolute atomic E-state index is 12.4. The van der Waals surface area contributed by atoms with E-state index in [1.54, 1.807) is 26.2 Å². The van der Waals surface area contributed by atoms with Crippen molar-refractivity contribution in [3.63, 3.8) is 0 Å². The molecule has 1 aromatic carbocycles. The van der Waals surface area contributed by atoms with Crippen molar-refractivity contribution in [2.24, 2.45) is 7.05 Å². The summed E-state index contributed by atoms with van der Waals surface area (Å²) in [4.78, 5) is 23.7. The van der Waals surface area contributed by atoms with Crippen LogP contribution in [0.3, 0.4) is 0 Å². The van der Waals surface area contributed by atoms with Crippen LogP contribution in [0, 0.1) is 0 Å². The molecule has 0 saturated carbocycles. The Morgan fingerprint density at radius 3 is 2.70 bits per heavy atom. The second-order valence-electron chi connectivity index (χ2n) is 6.33. The summed E-state index contributed by atoms with van der Waals surface area (Å²) >= 11 is 3.33. The number of rotatable bonds is 5. The molecule has 0 fully saturated rings. The highest BCUT2D eigenvalue weighted by Gasteiger charge is 2.35. The molecule has 0 aliphatic heterocycles. The Morgan fingerprint density at radius 1 is 1.33 bits per heavy atom. The van der Waals surface area contributed by atoms with Crippen molar-refractivity contribution < 1.29 is 14.3 Å². The number of aromatic nitrogens is 3. The molecule has 9 heteroatoms. The van der Waals surface area contributed by atoms with Crippen LogP contribution in [-0.4, -0.2) is 26.0 Å². The number of hydrogen-bond donors (Lipinski definition) is 2. The number of pyridine rings is 1. The molecule has 0 unspecified atom stereocenters. The fraction of sp³-hybridized carbons (Fsp3) is 0.222. The smallest absolute Gasteiger partial charge is 0.405 e. The van der Waals surface area contributed by atoms with Gasteiger partial charge in [0.05, 0.1) is 0 Å². The SMILES string of the molecule is Cn1cc(Br)cc(-c2nnc([C@@](C)(Cc3ccccc3)NC(=O)O)o2)c1=O. The van der Waals surface area contributed by atoms with Crippen LogP contribution in [-0.2, 0) is 19.0 Å². The lowest BCUT2D eigenvalue weighted by molar-refractivity contribution is 0.172. The van der Waals surface area contributed by atoms with E-state index in [9.17, 15) is 14.7 Å². The van der Waals surface area contributed by atoms with Crippen LogP contribution in [0.15, 0.2) is 56.3 Å². The molecule has 0 saturated heterocycles. The van der Waals surface area contributed by atoms with Crippen LogP contribution >= 0.6 is 15.9 Å². The van der Waals surface area contributed by atoms with E-state index in [4.69, 9.17) is 4.42 Å². The maximum atomic E-state index is 12.4. The molecule has 2 heterocycles. The van der Waals surface area contributed by atoms with Crippen molar-refractivity contribution in [2.75, 3.05) is 0 Å². The standard InChI is InChI=1S/C18H17BrN4O4/c1-18(20-17(25)26,9-11-6-4-3-5-7-11)16-22-21-14(27-16)13-8-12(19)10-23(2)15(13)24/h3-8,10,20H,9H2,1-2H3,(H,25,26)/t18-/m1/s1.